The largest absolute Gasteiger partial charge is 0.495 e. The highest BCUT2D eigenvalue weighted by atomic mass is 35.5. The summed E-state index contributed by atoms with van der Waals surface area (Å²) in [5.41, 5.74) is 3.26. The second-order valence-electron chi connectivity index (χ2n) is 4.57. The summed E-state index contributed by atoms with van der Waals surface area (Å²) in [6, 6.07) is 11.0. The minimum atomic E-state index is 0.530. The van der Waals surface area contributed by atoms with Crippen LogP contribution < -0.4 is 10.1 Å². The molecule has 0 radical (unpaired) electrons. The zero-order chi connectivity index (χ0) is 15.4. The van der Waals surface area contributed by atoms with E-state index >= 15 is 0 Å². The predicted octanol–water partition coefficient (Wildman–Crippen LogP) is 4.79. The second-order valence-corrected chi connectivity index (χ2v) is 5.39. The molecule has 0 saturated heterocycles. The molecular formula is C16H14Cl2N2O. The van der Waals surface area contributed by atoms with Crippen LogP contribution in [-0.4, -0.2) is 7.11 Å². The molecule has 0 bridgehead atoms. The smallest absolute Gasteiger partial charge is 0.143 e. The number of anilines is 1. The zero-order valence-electron chi connectivity index (χ0n) is 11.7. The highest BCUT2D eigenvalue weighted by Gasteiger charge is 2.08. The monoisotopic (exact) mass is 320 g/mol. The minimum Gasteiger partial charge on any atom is -0.495 e. The van der Waals surface area contributed by atoms with Crippen molar-refractivity contribution in [1.82, 2.24) is 0 Å². The van der Waals surface area contributed by atoms with Crippen LogP contribution in [0.15, 0.2) is 30.3 Å². The van der Waals surface area contributed by atoms with E-state index in [0.29, 0.717) is 27.9 Å². The summed E-state index contributed by atoms with van der Waals surface area (Å²) in [4.78, 5) is 0. The van der Waals surface area contributed by atoms with Gasteiger partial charge in [-0.25, -0.2) is 0 Å². The number of nitrogens with one attached hydrogen (secondary N) is 1. The van der Waals surface area contributed by atoms with Crippen LogP contribution in [0.3, 0.4) is 0 Å². The van der Waals surface area contributed by atoms with Crippen LogP contribution in [0.25, 0.3) is 0 Å². The Morgan fingerprint density at radius 2 is 1.95 bits per heavy atom. The lowest BCUT2D eigenvalue weighted by molar-refractivity contribution is 0.416. The number of halogens is 2. The van der Waals surface area contributed by atoms with Crippen molar-refractivity contribution in [3.8, 4) is 11.8 Å². The van der Waals surface area contributed by atoms with E-state index in [-0.39, 0.29) is 0 Å². The standard InChI is InChI=1S/C16H14Cl2N2O/c1-10-5-15(16(21-2)7-13(10)17)20-9-12-4-3-11(8-19)6-14(12)18/h3-7,20H,9H2,1-2H3. The Morgan fingerprint density at radius 1 is 1.19 bits per heavy atom. The SMILES string of the molecule is COc1cc(Cl)c(C)cc1NCc1ccc(C#N)cc1Cl. The van der Waals surface area contributed by atoms with Gasteiger partial charge in [0, 0.05) is 22.7 Å². The number of nitrogens with zero attached hydrogens (tertiary/aromatic N) is 1. The first-order chi connectivity index (χ1) is 10.0. The Labute approximate surface area is 134 Å². The van der Waals surface area contributed by atoms with E-state index in [0.717, 1.165) is 16.8 Å². The van der Waals surface area contributed by atoms with Crippen LogP contribution >= 0.6 is 23.2 Å². The quantitative estimate of drug-likeness (QED) is 0.880. The van der Waals surface area contributed by atoms with Crippen molar-refractivity contribution in [3.05, 3.63) is 57.1 Å². The van der Waals surface area contributed by atoms with E-state index in [2.05, 4.69) is 11.4 Å². The molecule has 0 amide bonds. The number of benzene rings is 2. The summed E-state index contributed by atoms with van der Waals surface area (Å²) >= 11 is 12.2. The number of nitriles is 1. The molecule has 0 saturated carbocycles. The number of rotatable bonds is 4. The Bertz CT molecular complexity index is 708. The summed E-state index contributed by atoms with van der Waals surface area (Å²) in [6.07, 6.45) is 0. The Balaban J connectivity index is 2.20. The van der Waals surface area contributed by atoms with E-state index in [9.17, 15) is 0 Å². The molecule has 0 aliphatic rings. The molecule has 0 fully saturated rings. The summed E-state index contributed by atoms with van der Waals surface area (Å²) < 4.78 is 5.31. The lowest BCUT2D eigenvalue weighted by Crippen LogP contribution is -2.02. The molecule has 3 nitrogen and oxygen atoms in total. The number of hydrogen-bond donors (Lipinski definition) is 1. The van der Waals surface area contributed by atoms with Gasteiger partial charge in [-0.3, -0.25) is 0 Å². The molecule has 2 aromatic rings. The molecule has 0 aliphatic heterocycles. The Morgan fingerprint density at radius 3 is 2.57 bits per heavy atom. The molecule has 2 aromatic carbocycles. The average molecular weight is 321 g/mol. The summed E-state index contributed by atoms with van der Waals surface area (Å²) in [5.74, 6) is 0.676. The van der Waals surface area contributed by atoms with Gasteiger partial charge in [0.25, 0.3) is 0 Å². The first-order valence-corrected chi connectivity index (χ1v) is 7.07. The highest BCUT2D eigenvalue weighted by Crippen LogP contribution is 2.31. The van der Waals surface area contributed by atoms with Crippen LogP contribution in [0.2, 0.25) is 10.0 Å². The van der Waals surface area contributed by atoms with Crippen molar-refractivity contribution in [2.45, 2.75) is 13.5 Å². The number of aryl methyl sites for hydroxylation is 1. The lowest BCUT2D eigenvalue weighted by Gasteiger charge is -2.14. The van der Waals surface area contributed by atoms with Crippen molar-refractivity contribution >= 4 is 28.9 Å². The zero-order valence-corrected chi connectivity index (χ0v) is 13.2. The van der Waals surface area contributed by atoms with Crippen molar-refractivity contribution in [3.63, 3.8) is 0 Å². The van der Waals surface area contributed by atoms with Gasteiger partial charge >= 0.3 is 0 Å². The molecule has 0 aromatic heterocycles. The second kappa shape index (κ2) is 6.71. The van der Waals surface area contributed by atoms with Gasteiger partial charge in [-0.1, -0.05) is 29.3 Å². The molecule has 0 aliphatic carbocycles. The fraction of sp³-hybridized carbons (Fsp3) is 0.188. The van der Waals surface area contributed by atoms with Crippen LogP contribution in [0.1, 0.15) is 16.7 Å². The first-order valence-electron chi connectivity index (χ1n) is 6.31. The molecule has 0 unspecified atom stereocenters. The molecule has 21 heavy (non-hydrogen) atoms. The molecular weight excluding hydrogens is 307 g/mol. The van der Waals surface area contributed by atoms with Crippen LogP contribution in [0.4, 0.5) is 5.69 Å². The molecule has 0 atom stereocenters. The molecule has 0 heterocycles. The van der Waals surface area contributed by atoms with Gasteiger partial charge in [0.15, 0.2) is 0 Å². The maximum Gasteiger partial charge on any atom is 0.143 e. The number of ether oxygens (including phenoxy) is 1. The van der Waals surface area contributed by atoms with Gasteiger partial charge in [-0.15, -0.1) is 0 Å². The van der Waals surface area contributed by atoms with E-state index in [4.69, 9.17) is 33.2 Å². The van der Waals surface area contributed by atoms with Crippen LogP contribution in [0, 0.1) is 18.3 Å². The Kier molecular flexibility index (Phi) is 4.95. The maximum absolute atomic E-state index is 8.83. The average Bonchev–Trinajstić information content (AvgIpc) is 2.48. The van der Waals surface area contributed by atoms with Crippen molar-refractivity contribution in [2.75, 3.05) is 12.4 Å². The number of methoxy groups -OCH3 is 1. The third-order valence-corrected chi connectivity index (χ3v) is 3.89. The summed E-state index contributed by atoms with van der Waals surface area (Å²) in [5, 5.41) is 13.3. The first kappa shape index (κ1) is 15.5. The molecule has 108 valence electrons. The summed E-state index contributed by atoms with van der Waals surface area (Å²) in [6.45, 7) is 2.46. The molecule has 0 spiro atoms. The van der Waals surface area contributed by atoms with Crippen LogP contribution in [0.5, 0.6) is 5.75 Å². The summed E-state index contributed by atoms with van der Waals surface area (Å²) in [7, 11) is 1.60. The van der Waals surface area contributed by atoms with Crippen LogP contribution in [-0.2, 0) is 6.54 Å². The van der Waals surface area contributed by atoms with Gasteiger partial charge < -0.3 is 10.1 Å². The van der Waals surface area contributed by atoms with E-state index < -0.39 is 0 Å². The van der Waals surface area contributed by atoms with Gasteiger partial charge in [-0.05, 0) is 36.2 Å². The minimum absolute atomic E-state index is 0.530. The fourth-order valence-electron chi connectivity index (χ4n) is 1.92. The van der Waals surface area contributed by atoms with Crippen molar-refractivity contribution < 1.29 is 4.74 Å². The molecule has 2 rings (SSSR count). The lowest BCUT2D eigenvalue weighted by atomic mass is 10.1. The normalized spacial score (nSPS) is 10.0. The van der Waals surface area contributed by atoms with Crippen molar-refractivity contribution in [1.29, 1.82) is 5.26 Å². The maximum atomic E-state index is 8.83. The third-order valence-electron chi connectivity index (χ3n) is 3.13. The highest BCUT2D eigenvalue weighted by molar-refractivity contribution is 6.32. The van der Waals surface area contributed by atoms with Gasteiger partial charge in [-0.2, -0.15) is 5.26 Å². The predicted molar refractivity (Wildman–Crippen MR) is 86.2 cm³/mol. The topological polar surface area (TPSA) is 45.0 Å². The Hall–Kier alpha value is -1.89. The molecule has 5 heteroatoms. The van der Waals surface area contributed by atoms with Crippen molar-refractivity contribution in [2.24, 2.45) is 0 Å². The fourth-order valence-corrected chi connectivity index (χ4v) is 2.32. The van der Waals surface area contributed by atoms with Gasteiger partial charge in [0.1, 0.15) is 5.75 Å². The van der Waals surface area contributed by atoms with E-state index in [1.165, 1.54) is 0 Å². The number of hydrogen-bond acceptors (Lipinski definition) is 3. The van der Waals surface area contributed by atoms with Gasteiger partial charge in [0.05, 0.1) is 24.4 Å². The van der Waals surface area contributed by atoms with E-state index in [1.54, 1.807) is 25.3 Å². The van der Waals surface area contributed by atoms with E-state index in [1.807, 2.05) is 19.1 Å². The van der Waals surface area contributed by atoms with Gasteiger partial charge in [0.2, 0.25) is 0 Å². The molecule has 1 N–H and O–H groups in total. The third kappa shape index (κ3) is 3.60.